The zero-order valence-corrected chi connectivity index (χ0v) is 17.9. The Balaban J connectivity index is 1.31. The average molecular weight is 455 g/mol. The first kappa shape index (κ1) is 21.6. The van der Waals surface area contributed by atoms with E-state index in [-0.39, 0.29) is 18.0 Å². The van der Waals surface area contributed by atoms with E-state index in [4.69, 9.17) is 0 Å². The first-order valence-electron chi connectivity index (χ1n) is 11.2. The first-order valence-corrected chi connectivity index (χ1v) is 11.2. The van der Waals surface area contributed by atoms with E-state index < -0.39 is 17.3 Å². The standard InChI is InChI=1S/C24H24F3N5O/c25-24(26,27)20-13-19(17-6-1-2-7-18(17)32-20)30-15-4-3-5-16(12-15)31-22(33)23(8-9-23)21-14-28-10-11-29-21/h1-2,6-7,10-11,13-16H,3-5,8-9,12H2,(H,30,32)(H,31,33)/t15-,16+/m0/s1. The highest BCUT2D eigenvalue weighted by Gasteiger charge is 2.53. The molecule has 2 aliphatic rings. The number of aromatic nitrogens is 3. The molecule has 9 heteroatoms. The summed E-state index contributed by atoms with van der Waals surface area (Å²) in [5.74, 6) is -0.0395. The Labute approximate surface area is 189 Å². The lowest BCUT2D eigenvalue weighted by Gasteiger charge is -2.32. The SMILES string of the molecule is O=C(N[C@@H]1CCC[C@H](Nc2cc(C(F)(F)F)nc3ccccc23)C1)C1(c2cnccn2)CC1. The molecule has 6 nitrogen and oxygen atoms in total. The predicted octanol–water partition coefficient (Wildman–Crippen LogP) is 4.61. The lowest BCUT2D eigenvalue weighted by atomic mass is 9.89. The van der Waals surface area contributed by atoms with Crippen molar-refractivity contribution < 1.29 is 18.0 Å². The van der Waals surface area contributed by atoms with Crippen LogP contribution in [0.1, 0.15) is 49.9 Å². The fourth-order valence-electron chi connectivity index (χ4n) is 4.71. The second-order valence-corrected chi connectivity index (χ2v) is 8.92. The third-order valence-corrected chi connectivity index (χ3v) is 6.61. The van der Waals surface area contributed by atoms with Gasteiger partial charge in [0.1, 0.15) is 5.69 Å². The summed E-state index contributed by atoms with van der Waals surface area (Å²) in [6, 6.07) is 7.80. The van der Waals surface area contributed by atoms with E-state index in [1.165, 1.54) is 0 Å². The van der Waals surface area contributed by atoms with E-state index in [0.29, 0.717) is 28.7 Å². The highest BCUT2D eigenvalue weighted by atomic mass is 19.4. The lowest BCUT2D eigenvalue weighted by molar-refractivity contribution is -0.140. The second kappa shape index (κ2) is 8.28. The number of nitrogens with one attached hydrogen (secondary N) is 2. The molecule has 0 spiro atoms. The number of fused-ring (bicyclic) bond motifs is 1. The van der Waals surface area contributed by atoms with Gasteiger partial charge in [-0.3, -0.25) is 14.8 Å². The fraction of sp³-hybridized carbons (Fsp3) is 0.417. The third kappa shape index (κ3) is 4.36. The van der Waals surface area contributed by atoms with Crippen LogP contribution in [0.3, 0.4) is 0 Å². The van der Waals surface area contributed by atoms with Crippen LogP contribution in [0.4, 0.5) is 18.9 Å². The van der Waals surface area contributed by atoms with E-state index in [1.54, 1.807) is 42.9 Å². The minimum atomic E-state index is -4.53. The molecule has 0 bridgehead atoms. The number of halogens is 3. The molecule has 1 amide bonds. The molecular weight excluding hydrogens is 431 g/mol. The highest BCUT2D eigenvalue weighted by Crippen LogP contribution is 2.47. The van der Waals surface area contributed by atoms with E-state index in [0.717, 1.165) is 38.2 Å². The molecule has 2 saturated carbocycles. The van der Waals surface area contributed by atoms with Crippen LogP contribution in [0.2, 0.25) is 0 Å². The molecule has 1 aromatic carbocycles. The largest absolute Gasteiger partial charge is 0.433 e. The quantitative estimate of drug-likeness (QED) is 0.587. The van der Waals surface area contributed by atoms with Crippen molar-refractivity contribution in [3.05, 3.63) is 60.3 Å². The Morgan fingerprint density at radius 3 is 2.61 bits per heavy atom. The van der Waals surface area contributed by atoms with Gasteiger partial charge >= 0.3 is 6.18 Å². The number of hydrogen-bond acceptors (Lipinski definition) is 5. The number of rotatable bonds is 5. The Morgan fingerprint density at radius 1 is 1.09 bits per heavy atom. The molecule has 0 aliphatic heterocycles. The van der Waals surface area contributed by atoms with Crippen molar-refractivity contribution in [3.63, 3.8) is 0 Å². The first-order chi connectivity index (χ1) is 15.8. The summed E-state index contributed by atoms with van der Waals surface area (Å²) in [4.78, 5) is 25.3. The van der Waals surface area contributed by atoms with Gasteiger partial charge in [0.2, 0.25) is 5.91 Å². The average Bonchev–Trinajstić information content (AvgIpc) is 3.62. The van der Waals surface area contributed by atoms with E-state index in [2.05, 4.69) is 25.6 Å². The highest BCUT2D eigenvalue weighted by molar-refractivity contribution is 5.92. The summed E-state index contributed by atoms with van der Waals surface area (Å²) < 4.78 is 40.2. The van der Waals surface area contributed by atoms with Gasteiger partial charge in [0.15, 0.2) is 0 Å². The van der Waals surface area contributed by atoms with Gasteiger partial charge in [-0.05, 0) is 50.7 Å². The maximum atomic E-state index is 13.4. The minimum absolute atomic E-state index is 0.0395. The van der Waals surface area contributed by atoms with Crippen molar-refractivity contribution in [2.45, 2.75) is 62.2 Å². The molecular formula is C24H24F3N5O. The predicted molar refractivity (Wildman–Crippen MR) is 117 cm³/mol. The number of pyridine rings is 1. The number of hydrogen-bond donors (Lipinski definition) is 2. The van der Waals surface area contributed by atoms with Crippen LogP contribution in [-0.4, -0.2) is 32.9 Å². The van der Waals surface area contributed by atoms with E-state index in [9.17, 15) is 18.0 Å². The number of carbonyl (C=O) groups is 1. The third-order valence-electron chi connectivity index (χ3n) is 6.61. The van der Waals surface area contributed by atoms with Gasteiger partial charge in [0.05, 0.1) is 16.6 Å². The zero-order valence-electron chi connectivity index (χ0n) is 17.9. The van der Waals surface area contributed by atoms with Crippen molar-refractivity contribution in [2.24, 2.45) is 0 Å². The zero-order chi connectivity index (χ0) is 23.1. The summed E-state index contributed by atoms with van der Waals surface area (Å²) >= 11 is 0. The van der Waals surface area contributed by atoms with Crippen molar-refractivity contribution >= 4 is 22.5 Å². The van der Waals surface area contributed by atoms with Gasteiger partial charge in [0, 0.05) is 41.7 Å². The maximum absolute atomic E-state index is 13.4. The molecule has 2 heterocycles. The number of carbonyl (C=O) groups excluding carboxylic acids is 1. The fourth-order valence-corrected chi connectivity index (χ4v) is 4.71. The van der Waals surface area contributed by atoms with Crippen molar-refractivity contribution in [1.29, 1.82) is 0 Å². The number of benzene rings is 1. The van der Waals surface area contributed by atoms with Gasteiger partial charge in [0.25, 0.3) is 0 Å². The molecule has 0 unspecified atom stereocenters. The van der Waals surface area contributed by atoms with Gasteiger partial charge < -0.3 is 10.6 Å². The van der Waals surface area contributed by atoms with Crippen LogP contribution in [0.5, 0.6) is 0 Å². The molecule has 3 aromatic rings. The van der Waals surface area contributed by atoms with Crippen LogP contribution < -0.4 is 10.6 Å². The molecule has 172 valence electrons. The molecule has 2 aromatic heterocycles. The van der Waals surface area contributed by atoms with E-state index in [1.807, 2.05) is 0 Å². The molecule has 33 heavy (non-hydrogen) atoms. The molecule has 0 radical (unpaired) electrons. The Morgan fingerprint density at radius 2 is 1.88 bits per heavy atom. The summed E-state index contributed by atoms with van der Waals surface area (Å²) in [5.41, 5.74) is -0.101. The number of amides is 1. The summed E-state index contributed by atoms with van der Waals surface area (Å²) in [5, 5.41) is 7.13. The number of nitrogens with zero attached hydrogens (tertiary/aromatic N) is 3. The lowest BCUT2D eigenvalue weighted by Crippen LogP contribution is -2.46. The summed E-state index contributed by atoms with van der Waals surface area (Å²) in [6.07, 6.45) is 4.96. The van der Waals surface area contributed by atoms with Crippen LogP contribution in [-0.2, 0) is 16.4 Å². The number of anilines is 1. The summed E-state index contributed by atoms with van der Waals surface area (Å²) in [7, 11) is 0. The molecule has 2 fully saturated rings. The molecule has 2 atom stereocenters. The molecule has 2 N–H and O–H groups in total. The van der Waals surface area contributed by atoms with Gasteiger partial charge in [-0.25, -0.2) is 4.98 Å². The molecule has 0 saturated heterocycles. The number of para-hydroxylation sites is 1. The maximum Gasteiger partial charge on any atom is 0.433 e. The normalized spacial score (nSPS) is 22.0. The topological polar surface area (TPSA) is 79.8 Å². The van der Waals surface area contributed by atoms with Gasteiger partial charge in [-0.2, -0.15) is 13.2 Å². The van der Waals surface area contributed by atoms with Crippen LogP contribution in [0.15, 0.2) is 48.9 Å². The minimum Gasteiger partial charge on any atom is -0.382 e. The van der Waals surface area contributed by atoms with Gasteiger partial charge in [-0.1, -0.05) is 18.2 Å². The van der Waals surface area contributed by atoms with Crippen molar-refractivity contribution in [1.82, 2.24) is 20.3 Å². The number of alkyl halides is 3. The van der Waals surface area contributed by atoms with Crippen LogP contribution in [0.25, 0.3) is 10.9 Å². The second-order valence-electron chi connectivity index (χ2n) is 8.92. The Kier molecular flexibility index (Phi) is 5.42. The molecule has 5 rings (SSSR count). The van der Waals surface area contributed by atoms with Crippen LogP contribution in [0, 0.1) is 0 Å². The smallest absolute Gasteiger partial charge is 0.382 e. The van der Waals surface area contributed by atoms with Crippen molar-refractivity contribution in [2.75, 3.05) is 5.32 Å². The van der Waals surface area contributed by atoms with Crippen molar-refractivity contribution in [3.8, 4) is 0 Å². The monoisotopic (exact) mass is 455 g/mol. The van der Waals surface area contributed by atoms with Gasteiger partial charge in [-0.15, -0.1) is 0 Å². The summed E-state index contributed by atoms with van der Waals surface area (Å²) in [6.45, 7) is 0. The Hall–Kier alpha value is -3.23. The van der Waals surface area contributed by atoms with E-state index >= 15 is 0 Å². The van der Waals surface area contributed by atoms with Crippen LogP contribution >= 0.6 is 0 Å². The Bertz CT molecular complexity index is 1160. The molecule has 2 aliphatic carbocycles.